The van der Waals surface area contributed by atoms with Crippen LogP contribution in [0.15, 0.2) is 54.7 Å². The van der Waals surface area contributed by atoms with E-state index in [4.69, 9.17) is 10.5 Å². The van der Waals surface area contributed by atoms with Crippen molar-refractivity contribution in [3.05, 3.63) is 88.2 Å². The second-order valence-corrected chi connectivity index (χ2v) is 10.5. The molecular weight excluding hydrogens is 551 g/mol. The molecule has 9 nitrogen and oxygen atoms in total. The average Bonchev–Trinajstić information content (AvgIpc) is 2.93. The van der Waals surface area contributed by atoms with Gasteiger partial charge in [-0.1, -0.05) is 6.07 Å². The second-order valence-electron chi connectivity index (χ2n) is 10.5. The number of hydrogen-bond acceptors (Lipinski definition) is 6. The number of benzene rings is 2. The predicted octanol–water partition coefficient (Wildman–Crippen LogP) is 3.70. The van der Waals surface area contributed by atoms with Gasteiger partial charge in [-0.25, -0.2) is 0 Å². The summed E-state index contributed by atoms with van der Waals surface area (Å²) in [4.78, 5) is 42.1. The van der Waals surface area contributed by atoms with Crippen molar-refractivity contribution in [2.24, 2.45) is 11.7 Å². The smallest absolute Gasteiger partial charge is 0.416 e. The van der Waals surface area contributed by atoms with Gasteiger partial charge in [0.15, 0.2) is 0 Å². The number of nitrogens with one attached hydrogen (secondary N) is 2. The molecule has 0 fully saturated rings. The predicted molar refractivity (Wildman–Crippen MR) is 150 cm³/mol. The van der Waals surface area contributed by atoms with Gasteiger partial charge in [0.2, 0.25) is 11.8 Å². The zero-order valence-corrected chi connectivity index (χ0v) is 23.3. The van der Waals surface area contributed by atoms with Gasteiger partial charge < -0.3 is 26.0 Å². The lowest BCUT2D eigenvalue weighted by molar-refractivity contribution is -0.137. The van der Waals surface area contributed by atoms with E-state index in [-0.39, 0.29) is 48.5 Å². The Hall–Kier alpha value is -4.45. The van der Waals surface area contributed by atoms with Crippen molar-refractivity contribution in [2.75, 3.05) is 26.0 Å². The molecule has 3 amide bonds. The minimum absolute atomic E-state index is 0.0160. The summed E-state index contributed by atoms with van der Waals surface area (Å²) in [7, 11) is 3.42. The van der Waals surface area contributed by atoms with Crippen LogP contribution in [0.3, 0.4) is 0 Å². The van der Waals surface area contributed by atoms with Crippen LogP contribution in [0.5, 0.6) is 5.75 Å². The molecule has 1 aliphatic rings. The van der Waals surface area contributed by atoms with E-state index >= 15 is 0 Å². The molecule has 1 atom stereocenters. The maximum Gasteiger partial charge on any atom is 0.416 e. The summed E-state index contributed by atoms with van der Waals surface area (Å²) in [5, 5.41) is 5.26. The Morgan fingerprint density at radius 3 is 2.55 bits per heavy atom. The Morgan fingerprint density at radius 2 is 1.83 bits per heavy atom. The molecule has 1 aliphatic carbocycles. The molecule has 1 heterocycles. The number of pyridine rings is 1. The molecule has 42 heavy (non-hydrogen) atoms. The summed E-state index contributed by atoms with van der Waals surface area (Å²) < 4.78 is 46.7. The lowest BCUT2D eigenvalue weighted by Crippen LogP contribution is -2.33. The third kappa shape index (κ3) is 8.29. The summed E-state index contributed by atoms with van der Waals surface area (Å²) >= 11 is 0. The first-order valence-corrected chi connectivity index (χ1v) is 13.3. The third-order valence-electron chi connectivity index (χ3n) is 6.80. The highest BCUT2D eigenvalue weighted by atomic mass is 19.4. The number of aryl methyl sites for hydroxylation is 1. The molecule has 4 N–H and O–H groups in total. The molecule has 4 rings (SSSR count). The molecule has 222 valence electrons. The number of aromatic nitrogens is 1. The molecule has 0 bridgehead atoms. The van der Waals surface area contributed by atoms with E-state index < -0.39 is 23.6 Å². The van der Waals surface area contributed by atoms with Crippen LogP contribution in [0.1, 0.15) is 44.7 Å². The molecule has 1 aromatic heterocycles. The van der Waals surface area contributed by atoms with Crippen molar-refractivity contribution in [1.29, 1.82) is 0 Å². The molecule has 0 spiro atoms. The lowest BCUT2D eigenvalue weighted by Gasteiger charge is -2.25. The van der Waals surface area contributed by atoms with Crippen molar-refractivity contribution in [2.45, 2.75) is 38.6 Å². The first-order valence-electron chi connectivity index (χ1n) is 13.3. The number of halogens is 3. The normalized spacial score (nSPS) is 14.7. The van der Waals surface area contributed by atoms with Gasteiger partial charge in [0.1, 0.15) is 18.1 Å². The summed E-state index contributed by atoms with van der Waals surface area (Å²) in [5.74, 6) is -1.23. The van der Waals surface area contributed by atoms with E-state index in [1.165, 1.54) is 12.3 Å². The number of fused-ring (bicyclic) bond motifs is 1. The van der Waals surface area contributed by atoms with Crippen LogP contribution in [0, 0.1) is 5.92 Å². The highest BCUT2D eigenvalue weighted by molar-refractivity contribution is 5.93. The number of hydrogen-bond donors (Lipinski definition) is 3. The molecule has 3 aromatic rings. The standard InChI is InChI=1S/C30H32F3N5O4/c1-38(2)16-27(39)36-15-19-9-23(30(31,32)33)14-24(10-19)37-29(41)21-4-3-20-5-6-25(13-22(20)12-21)42-17-18-7-8-35-26(11-18)28(34)40/h5-11,13-14,21H,3-4,12,15-17H2,1-2H3,(H2,34,40)(H,36,39)(H,37,41). The fourth-order valence-electron chi connectivity index (χ4n) is 4.73. The number of nitrogens with two attached hydrogens (primary N) is 1. The largest absolute Gasteiger partial charge is 0.489 e. The SMILES string of the molecule is CN(C)CC(=O)NCc1cc(NC(=O)C2CCc3ccc(OCc4ccnc(C(N)=O)c4)cc3C2)cc(C(F)(F)F)c1. The molecule has 0 saturated heterocycles. The maximum atomic E-state index is 13.6. The van der Waals surface area contributed by atoms with Crippen LogP contribution in [-0.2, 0) is 41.8 Å². The Labute approximate surface area is 241 Å². The van der Waals surface area contributed by atoms with E-state index in [0.717, 1.165) is 23.3 Å². The van der Waals surface area contributed by atoms with Gasteiger partial charge in [-0.15, -0.1) is 0 Å². The molecule has 0 radical (unpaired) electrons. The van der Waals surface area contributed by atoms with Crippen molar-refractivity contribution >= 4 is 23.4 Å². The molecule has 2 aromatic carbocycles. The number of nitrogens with zero attached hydrogens (tertiary/aromatic N) is 2. The summed E-state index contributed by atoms with van der Waals surface area (Å²) in [6, 6.07) is 12.2. The quantitative estimate of drug-likeness (QED) is 0.334. The number of ether oxygens (including phenoxy) is 1. The first kappa shape index (κ1) is 30.5. The van der Waals surface area contributed by atoms with E-state index in [9.17, 15) is 27.6 Å². The zero-order valence-electron chi connectivity index (χ0n) is 23.3. The summed E-state index contributed by atoms with van der Waals surface area (Å²) in [5.41, 5.74) is 7.45. The topological polar surface area (TPSA) is 127 Å². The fraction of sp³-hybridized carbons (Fsp3) is 0.333. The van der Waals surface area contributed by atoms with Gasteiger partial charge in [-0.3, -0.25) is 19.4 Å². The van der Waals surface area contributed by atoms with Gasteiger partial charge in [-0.05, 0) is 98.1 Å². The molecular formula is C30H32F3N5O4. The first-order chi connectivity index (χ1) is 19.9. The van der Waals surface area contributed by atoms with Crippen molar-refractivity contribution in [1.82, 2.24) is 15.2 Å². The number of amides is 3. The maximum absolute atomic E-state index is 13.6. The van der Waals surface area contributed by atoms with E-state index in [2.05, 4.69) is 15.6 Å². The van der Waals surface area contributed by atoms with E-state index in [1.807, 2.05) is 18.2 Å². The summed E-state index contributed by atoms with van der Waals surface area (Å²) in [6.07, 6.45) is -1.58. The van der Waals surface area contributed by atoms with Gasteiger partial charge in [-0.2, -0.15) is 13.2 Å². The fourth-order valence-corrected chi connectivity index (χ4v) is 4.73. The Balaban J connectivity index is 1.43. The van der Waals surface area contributed by atoms with Crippen molar-refractivity contribution in [3.8, 4) is 5.75 Å². The van der Waals surface area contributed by atoms with Gasteiger partial charge >= 0.3 is 6.18 Å². The van der Waals surface area contributed by atoms with Crippen molar-refractivity contribution < 1.29 is 32.3 Å². The Bertz CT molecular complexity index is 1480. The number of rotatable bonds is 10. The van der Waals surface area contributed by atoms with E-state index in [0.29, 0.717) is 30.6 Å². The third-order valence-corrected chi connectivity index (χ3v) is 6.80. The number of carbonyl (C=O) groups is 3. The monoisotopic (exact) mass is 583 g/mol. The highest BCUT2D eigenvalue weighted by Gasteiger charge is 2.32. The molecule has 12 heteroatoms. The van der Waals surface area contributed by atoms with Gasteiger partial charge in [0, 0.05) is 24.3 Å². The number of carbonyl (C=O) groups excluding carboxylic acids is 3. The van der Waals surface area contributed by atoms with Crippen LogP contribution < -0.4 is 21.1 Å². The lowest BCUT2D eigenvalue weighted by atomic mass is 9.83. The van der Waals surface area contributed by atoms with Crippen LogP contribution in [0.25, 0.3) is 0 Å². The minimum Gasteiger partial charge on any atom is -0.489 e. The summed E-state index contributed by atoms with van der Waals surface area (Å²) in [6.45, 7) is 0.166. The molecule has 1 unspecified atom stereocenters. The highest BCUT2D eigenvalue weighted by Crippen LogP contribution is 2.33. The zero-order chi connectivity index (χ0) is 30.4. The number of likely N-dealkylation sites (N-methyl/N-ethyl adjacent to an activating group) is 1. The van der Waals surface area contributed by atoms with Crippen LogP contribution >= 0.6 is 0 Å². The van der Waals surface area contributed by atoms with Gasteiger partial charge in [0.05, 0.1) is 12.1 Å². The molecule has 0 aliphatic heterocycles. The average molecular weight is 584 g/mol. The number of anilines is 1. The van der Waals surface area contributed by atoms with Crippen LogP contribution in [-0.4, -0.2) is 48.2 Å². The second kappa shape index (κ2) is 13.0. The minimum atomic E-state index is -4.62. The van der Waals surface area contributed by atoms with Crippen molar-refractivity contribution in [3.63, 3.8) is 0 Å². The Morgan fingerprint density at radius 1 is 1.05 bits per heavy atom. The number of alkyl halides is 3. The van der Waals surface area contributed by atoms with Crippen LogP contribution in [0.4, 0.5) is 18.9 Å². The van der Waals surface area contributed by atoms with E-state index in [1.54, 1.807) is 31.1 Å². The number of primary amides is 1. The Kier molecular flexibility index (Phi) is 9.46. The van der Waals surface area contributed by atoms with Crippen LogP contribution in [0.2, 0.25) is 0 Å². The van der Waals surface area contributed by atoms with Gasteiger partial charge in [0.25, 0.3) is 5.91 Å². The molecule has 0 saturated carbocycles.